The van der Waals surface area contributed by atoms with E-state index < -0.39 is 5.97 Å². The van der Waals surface area contributed by atoms with E-state index in [9.17, 15) is 9.59 Å². The maximum absolute atomic E-state index is 11.7. The number of hydrogen-bond acceptors (Lipinski definition) is 5. The van der Waals surface area contributed by atoms with Gasteiger partial charge in [0.1, 0.15) is 5.52 Å². The third-order valence-electron chi connectivity index (χ3n) is 3.47. The van der Waals surface area contributed by atoms with Gasteiger partial charge in [-0.3, -0.25) is 4.79 Å². The van der Waals surface area contributed by atoms with Gasteiger partial charge in [-0.15, -0.1) is 0 Å². The normalized spacial score (nSPS) is 14.8. The fourth-order valence-electron chi connectivity index (χ4n) is 2.34. The average molecular weight is 300 g/mol. The fraction of sp³-hybridized carbons (Fsp3) is 0.312. The minimum absolute atomic E-state index is 0.152. The highest BCUT2D eigenvalue weighted by Gasteiger charge is 2.18. The summed E-state index contributed by atoms with van der Waals surface area (Å²) in [4.78, 5) is 29.2. The van der Waals surface area contributed by atoms with Gasteiger partial charge in [0.2, 0.25) is 5.89 Å². The molecule has 0 saturated carbocycles. The van der Waals surface area contributed by atoms with E-state index in [0.29, 0.717) is 11.5 Å². The largest absolute Gasteiger partial charge is 0.452 e. The number of oxazole rings is 1. The minimum Gasteiger partial charge on any atom is -0.452 e. The molecule has 0 spiro atoms. The van der Waals surface area contributed by atoms with Crippen LogP contribution in [0.1, 0.15) is 18.7 Å². The van der Waals surface area contributed by atoms with Crippen molar-refractivity contribution in [2.75, 3.05) is 19.7 Å². The van der Waals surface area contributed by atoms with Crippen molar-refractivity contribution in [1.29, 1.82) is 0 Å². The molecule has 2 heterocycles. The third-order valence-corrected chi connectivity index (χ3v) is 3.47. The standard InChI is InChI=1S/C16H16N2O4/c19-15(18-9-3-4-10-18)11-21-16(20)8-7-14-17-12-5-1-2-6-13(12)22-14/h1-2,5-8H,3-4,9-11H2/b8-7+. The molecule has 0 atom stereocenters. The Labute approximate surface area is 127 Å². The van der Waals surface area contributed by atoms with Gasteiger partial charge in [-0.05, 0) is 25.0 Å². The smallest absolute Gasteiger partial charge is 0.331 e. The van der Waals surface area contributed by atoms with Crippen molar-refractivity contribution >= 4 is 29.1 Å². The molecule has 6 heteroatoms. The Morgan fingerprint density at radius 3 is 2.82 bits per heavy atom. The van der Waals surface area contributed by atoms with Crippen LogP contribution in [0.4, 0.5) is 0 Å². The van der Waals surface area contributed by atoms with E-state index in [1.54, 1.807) is 11.0 Å². The maximum atomic E-state index is 11.7. The first kappa shape index (κ1) is 14.3. The van der Waals surface area contributed by atoms with Crippen LogP contribution in [-0.4, -0.2) is 41.5 Å². The number of para-hydroxylation sites is 2. The first-order valence-electron chi connectivity index (χ1n) is 7.20. The topological polar surface area (TPSA) is 72.6 Å². The Hall–Kier alpha value is -2.63. The predicted octanol–water partition coefficient (Wildman–Crippen LogP) is 2.01. The number of esters is 1. The van der Waals surface area contributed by atoms with E-state index in [-0.39, 0.29) is 12.5 Å². The van der Waals surface area contributed by atoms with Crippen molar-refractivity contribution in [1.82, 2.24) is 9.88 Å². The predicted molar refractivity (Wildman–Crippen MR) is 79.8 cm³/mol. The molecule has 0 aliphatic carbocycles. The van der Waals surface area contributed by atoms with E-state index in [1.807, 2.05) is 18.2 Å². The number of fused-ring (bicyclic) bond motifs is 1. The highest BCUT2D eigenvalue weighted by atomic mass is 16.5. The van der Waals surface area contributed by atoms with E-state index in [0.717, 1.165) is 31.4 Å². The Balaban J connectivity index is 1.53. The molecular formula is C16H16N2O4. The van der Waals surface area contributed by atoms with Crippen molar-refractivity contribution < 1.29 is 18.7 Å². The molecule has 1 aromatic carbocycles. The molecule has 1 amide bonds. The molecule has 22 heavy (non-hydrogen) atoms. The highest BCUT2D eigenvalue weighted by molar-refractivity contribution is 5.89. The summed E-state index contributed by atoms with van der Waals surface area (Å²) < 4.78 is 10.4. The number of amides is 1. The quantitative estimate of drug-likeness (QED) is 0.638. The lowest BCUT2D eigenvalue weighted by atomic mass is 10.3. The summed E-state index contributed by atoms with van der Waals surface area (Å²) in [6.45, 7) is 1.26. The first-order valence-corrected chi connectivity index (χ1v) is 7.20. The second-order valence-corrected chi connectivity index (χ2v) is 5.05. The minimum atomic E-state index is -0.588. The first-order chi connectivity index (χ1) is 10.7. The van der Waals surface area contributed by atoms with Crippen molar-refractivity contribution in [3.8, 4) is 0 Å². The van der Waals surface area contributed by atoms with Gasteiger partial charge < -0.3 is 14.1 Å². The number of aromatic nitrogens is 1. The maximum Gasteiger partial charge on any atom is 0.331 e. The van der Waals surface area contributed by atoms with Gasteiger partial charge in [-0.2, -0.15) is 0 Å². The second-order valence-electron chi connectivity index (χ2n) is 5.05. The molecule has 1 aliphatic heterocycles. The highest BCUT2D eigenvalue weighted by Crippen LogP contribution is 2.15. The monoisotopic (exact) mass is 300 g/mol. The summed E-state index contributed by atoms with van der Waals surface area (Å²) in [5, 5.41) is 0. The zero-order chi connectivity index (χ0) is 15.4. The molecule has 0 unspecified atom stereocenters. The summed E-state index contributed by atoms with van der Waals surface area (Å²) in [6, 6.07) is 7.33. The number of carbonyl (C=O) groups excluding carboxylic acids is 2. The van der Waals surface area contributed by atoms with Crippen molar-refractivity contribution in [2.24, 2.45) is 0 Å². The number of nitrogens with zero attached hydrogens (tertiary/aromatic N) is 2. The number of benzene rings is 1. The van der Waals surface area contributed by atoms with Crippen molar-refractivity contribution in [2.45, 2.75) is 12.8 Å². The lowest BCUT2D eigenvalue weighted by Crippen LogP contribution is -2.31. The van der Waals surface area contributed by atoms with Crippen LogP contribution in [0.15, 0.2) is 34.8 Å². The second kappa shape index (κ2) is 6.43. The van der Waals surface area contributed by atoms with Crippen LogP contribution in [0.3, 0.4) is 0 Å². The SMILES string of the molecule is O=C(/C=C/c1nc2ccccc2o1)OCC(=O)N1CCCC1. The molecule has 3 rings (SSSR count). The van der Waals surface area contributed by atoms with E-state index in [2.05, 4.69) is 4.98 Å². The molecule has 0 bridgehead atoms. The number of likely N-dealkylation sites (tertiary alicyclic amines) is 1. The van der Waals surface area contributed by atoms with Crippen LogP contribution in [0.25, 0.3) is 17.2 Å². The van der Waals surface area contributed by atoms with Gasteiger partial charge in [0.25, 0.3) is 5.91 Å². The van der Waals surface area contributed by atoms with Gasteiger partial charge in [0.05, 0.1) is 0 Å². The lowest BCUT2D eigenvalue weighted by Gasteiger charge is -2.14. The molecule has 1 aromatic heterocycles. The Kier molecular flexibility index (Phi) is 4.18. The van der Waals surface area contributed by atoms with Crippen molar-refractivity contribution in [3.63, 3.8) is 0 Å². The summed E-state index contributed by atoms with van der Waals surface area (Å²) >= 11 is 0. The Bertz CT molecular complexity index is 681. The van der Waals surface area contributed by atoms with Crippen LogP contribution < -0.4 is 0 Å². The van der Waals surface area contributed by atoms with E-state index >= 15 is 0 Å². The Morgan fingerprint density at radius 2 is 2.05 bits per heavy atom. The average Bonchev–Trinajstić information content (AvgIpc) is 3.19. The molecule has 2 aromatic rings. The number of rotatable bonds is 4. The number of carbonyl (C=O) groups is 2. The molecule has 114 valence electrons. The van der Waals surface area contributed by atoms with Gasteiger partial charge >= 0.3 is 5.97 Å². The van der Waals surface area contributed by atoms with Crippen LogP contribution in [0, 0.1) is 0 Å². The van der Waals surface area contributed by atoms with Crippen LogP contribution in [-0.2, 0) is 14.3 Å². The molecular weight excluding hydrogens is 284 g/mol. The molecule has 1 fully saturated rings. The molecule has 0 radical (unpaired) electrons. The number of hydrogen-bond donors (Lipinski definition) is 0. The lowest BCUT2D eigenvalue weighted by molar-refractivity contribution is -0.147. The number of ether oxygens (including phenoxy) is 1. The van der Waals surface area contributed by atoms with E-state index in [4.69, 9.17) is 9.15 Å². The van der Waals surface area contributed by atoms with Crippen LogP contribution >= 0.6 is 0 Å². The molecule has 0 N–H and O–H groups in total. The van der Waals surface area contributed by atoms with Crippen LogP contribution in [0.5, 0.6) is 0 Å². The molecule has 1 aliphatic rings. The third kappa shape index (κ3) is 3.33. The Morgan fingerprint density at radius 1 is 1.27 bits per heavy atom. The summed E-state index contributed by atoms with van der Waals surface area (Å²) in [5.41, 5.74) is 1.37. The molecule has 1 saturated heterocycles. The van der Waals surface area contributed by atoms with Crippen molar-refractivity contribution in [3.05, 3.63) is 36.2 Å². The zero-order valence-electron chi connectivity index (χ0n) is 12.0. The van der Waals surface area contributed by atoms with Gasteiger partial charge in [0.15, 0.2) is 12.2 Å². The summed E-state index contributed by atoms with van der Waals surface area (Å²) in [7, 11) is 0. The van der Waals surface area contributed by atoms with Gasteiger partial charge in [-0.1, -0.05) is 12.1 Å². The zero-order valence-corrected chi connectivity index (χ0v) is 12.0. The summed E-state index contributed by atoms with van der Waals surface area (Å²) in [6.07, 6.45) is 4.67. The van der Waals surface area contributed by atoms with E-state index in [1.165, 1.54) is 12.2 Å². The summed E-state index contributed by atoms with van der Waals surface area (Å²) in [5.74, 6) is -0.417. The molecule has 6 nitrogen and oxygen atoms in total. The van der Waals surface area contributed by atoms with Gasteiger partial charge in [0, 0.05) is 25.2 Å². The van der Waals surface area contributed by atoms with Gasteiger partial charge in [-0.25, -0.2) is 9.78 Å². The fourth-order valence-corrected chi connectivity index (χ4v) is 2.34. The van der Waals surface area contributed by atoms with Crippen LogP contribution in [0.2, 0.25) is 0 Å².